The van der Waals surface area contributed by atoms with E-state index >= 15 is 0 Å². The van der Waals surface area contributed by atoms with E-state index in [2.05, 4.69) is 15.6 Å². The van der Waals surface area contributed by atoms with Crippen molar-refractivity contribution in [2.45, 2.75) is 39.7 Å². The van der Waals surface area contributed by atoms with Gasteiger partial charge >= 0.3 is 12.0 Å². The lowest BCUT2D eigenvalue weighted by molar-refractivity contribution is -0.150. The van der Waals surface area contributed by atoms with Crippen LogP contribution in [-0.4, -0.2) is 28.1 Å². The number of aliphatic carboxylic acids is 1. The van der Waals surface area contributed by atoms with Crippen LogP contribution < -0.4 is 10.6 Å². The van der Waals surface area contributed by atoms with Gasteiger partial charge in [-0.1, -0.05) is 20.8 Å². The van der Waals surface area contributed by atoms with Gasteiger partial charge in [0.1, 0.15) is 0 Å². The second-order valence-electron chi connectivity index (χ2n) is 6.12. The standard InChI is InChI=1S/C14H21N3O3S/c1-8-10(5-4-9(11(18)19)14(8,2)3)16-12(20)17-13-15-6-7-21-13/h6-10H,4-5H2,1-3H3,(H,18,19)(H2,15,16,17,20). The summed E-state index contributed by atoms with van der Waals surface area (Å²) in [5.74, 6) is -1.04. The highest BCUT2D eigenvalue weighted by Crippen LogP contribution is 2.45. The fourth-order valence-corrected chi connectivity index (χ4v) is 3.55. The van der Waals surface area contributed by atoms with E-state index in [4.69, 9.17) is 0 Å². The van der Waals surface area contributed by atoms with Crippen LogP contribution in [0.25, 0.3) is 0 Å². The average Bonchev–Trinajstić information content (AvgIpc) is 2.87. The number of thiazole rings is 1. The molecule has 0 bridgehead atoms. The van der Waals surface area contributed by atoms with E-state index in [1.807, 2.05) is 20.8 Å². The smallest absolute Gasteiger partial charge is 0.321 e. The van der Waals surface area contributed by atoms with Gasteiger partial charge < -0.3 is 10.4 Å². The predicted molar refractivity (Wildman–Crippen MR) is 81.4 cm³/mol. The lowest BCUT2D eigenvalue weighted by atomic mass is 9.61. The van der Waals surface area contributed by atoms with Crippen LogP contribution in [0.2, 0.25) is 0 Å². The summed E-state index contributed by atoms with van der Waals surface area (Å²) >= 11 is 1.36. The van der Waals surface area contributed by atoms with Crippen LogP contribution in [0.4, 0.5) is 9.93 Å². The second-order valence-corrected chi connectivity index (χ2v) is 7.01. The maximum Gasteiger partial charge on any atom is 0.321 e. The van der Waals surface area contributed by atoms with E-state index in [-0.39, 0.29) is 29.3 Å². The van der Waals surface area contributed by atoms with E-state index in [1.54, 1.807) is 11.6 Å². The van der Waals surface area contributed by atoms with Crippen molar-refractivity contribution in [2.75, 3.05) is 5.32 Å². The van der Waals surface area contributed by atoms with Crippen LogP contribution in [0.1, 0.15) is 33.6 Å². The molecule has 6 nitrogen and oxygen atoms in total. The fraction of sp³-hybridized carbons (Fsp3) is 0.643. The first-order valence-electron chi connectivity index (χ1n) is 7.02. The molecule has 3 unspecified atom stereocenters. The third-order valence-electron chi connectivity index (χ3n) is 4.71. The Morgan fingerprint density at radius 2 is 2.14 bits per heavy atom. The zero-order valence-electron chi connectivity index (χ0n) is 12.4. The lowest BCUT2D eigenvalue weighted by Crippen LogP contribution is -2.53. The molecule has 2 amide bonds. The molecule has 3 atom stereocenters. The average molecular weight is 311 g/mol. The molecule has 0 aliphatic heterocycles. The minimum atomic E-state index is -0.752. The number of carboxylic acid groups (broad SMARTS) is 1. The Bertz CT molecular complexity index is 516. The van der Waals surface area contributed by atoms with E-state index in [0.29, 0.717) is 18.0 Å². The predicted octanol–water partition coefficient (Wildman–Crippen LogP) is 2.79. The Morgan fingerprint density at radius 3 is 2.71 bits per heavy atom. The summed E-state index contributed by atoms with van der Waals surface area (Å²) in [6.45, 7) is 5.93. The van der Waals surface area contributed by atoms with Crippen molar-refractivity contribution in [1.29, 1.82) is 0 Å². The minimum absolute atomic E-state index is 0.0319. The summed E-state index contributed by atoms with van der Waals surface area (Å²) in [5.41, 5.74) is -0.358. The number of hydrogen-bond donors (Lipinski definition) is 3. The van der Waals surface area contributed by atoms with Crippen molar-refractivity contribution in [3.63, 3.8) is 0 Å². The molecule has 116 valence electrons. The number of carbonyl (C=O) groups is 2. The first kappa shape index (κ1) is 15.8. The topological polar surface area (TPSA) is 91.3 Å². The third-order valence-corrected chi connectivity index (χ3v) is 5.40. The zero-order valence-corrected chi connectivity index (χ0v) is 13.2. The molecular weight excluding hydrogens is 290 g/mol. The summed E-state index contributed by atoms with van der Waals surface area (Å²) < 4.78 is 0. The molecular formula is C14H21N3O3S. The highest BCUT2D eigenvalue weighted by Gasteiger charge is 2.46. The van der Waals surface area contributed by atoms with Gasteiger partial charge in [-0.05, 0) is 24.2 Å². The SMILES string of the molecule is CC1C(NC(=O)Nc2nccs2)CCC(C(=O)O)C1(C)C. The molecule has 1 aliphatic carbocycles. The van der Waals surface area contributed by atoms with E-state index < -0.39 is 5.97 Å². The van der Waals surface area contributed by atoms with Crippen molar-refractivity contribution in [1.82, 2.24) is 10.3 Å². The molecule has 0 radical (unpaired) electrons. The van der Waals surface area contributed by atoms with Crippen molar-refractivity contribution in [2.24, 2.45) is 17.3 Å². The molecule has 1 fully saturated rings. The maximum absolute atomic E-state index is 12.0. The van der Waals surface area contributed by atoms with E-state index in [0.717, 1.165) is 0 Å². The highest BCUT2D eigenvalue weighted by atomic mass is 32.1. The number of aromatic nitrogens is 1. The number of hydrogen-bond acceptors (Lipinski definition) is 4. The number of amides is 2. The molecule has 3 N–H and O–H groups in total. The summed E-state index contributed by atoms with van der Waals surface area (Å²) in [5, 5.41) is 17.3. The number of nitrogens with zero attached hydrogens (tertiary/aromatic N) is 1. The molecule has 1 heterocycles. The molecule has 2 rings (SSSR count). The lowest BCUT2D eigenvalue weighted by Gasteiger charge is -2.46. The summed E-state index contributed by atoms with van der Waals surface area (Å²) in [6, 6.07) is -0.318. The summed E-state index contributed by atoms with van der Waals surface area (Å²) in [6.07, 6.45) is 2.88. The molecule has 0 saturated heterocycles. The number of carboxylic acids is 1. The Balaban J connectivity index is 1.98. The maximum atomic E-state index is 12.0. The van der Waals surface area contributed by atoms with Crippen molar-refractivity contribution >= 4 is 28.5 Å². The van der Waals surface area contributed by atoms with Crippen LogP contribution in [0.5, 0.6) is 0 Å². The molecule has 0 spiro atoms. The number of rotatable bonds is 3. The Kier molecular flexibility index (Phi) is 4.51. The van der Waals surface area contributed by atoms with Crippen molar-refractivity contribution < 1.29 is 14.7 Å². The van der Waals surface area contributed by atoms with Gasteiger partial charge in [-0.3, -0.25) is 10.1 Å². The van der Waals surface area contributed by atoms with Crippen molar-refractivity contribution in [3.8, 4) is 0 Å². The first-order chi connectivity index (χ1) is 9.82. The Labute approximate surface area is 128 Å². The van der Waals surface area contributed by atoms with Gasteiger partial charge in [-0.2, -0.15) is 0 Å². The largest absolute Gasteiger partial charge is 0.481 e. The van der Waals surface area contributed by atoms with Gasteiger partial charge in [-0.25, -0.2) is 9.78 Å². The quantitative estimate of drug-likeness (QED) is 0.800. The van der Waals surface area contributed by atoms with Gasteiger partial charge in [0, 0.05) is 17.6 Å². The summed E-state index contributed by atoms with van der Waals surface area (Å²) in [4.78, 5) is 27.3. The van der Waals surface area contributed by atoms with Crippen LogP contribution in [0.3, 0.4) is 0 Å². The first-order valence-corrected chi connectivity index (χ1v) is 7.90. The molecule has 1 saturated carbocycles. The second kappa shape index (κ2) is 6.01. The Hall–Kier alpha value is -1.63. The van der Waals surface area contributed by atoms with Gasteiger partial charge in [-0.15, -0.1) is 11.3 Å². The number of nitrogens with one attached hydrogen (secondary N) is 2. The van der Waals surface area contributed by atoms with E-state index in [9.17, 15) is 14.7 Å². The van der Waals surface area contributed by atoms with Crippen LogP contribution in [-0.2, 0) is 4.79 Å². The Morgan fingerprint density at radius 1 is 1.43 bits per heavy atom. The van der Waals surface area contributed by atoms with Gasteiger partial charge in [0.15, 0.2) is 5.13 Å². The van der Waals surface area contributed by atoms with Crippen molar-refractivity contribution in [3.05, 3.63) is 11.6 Å². The molecule has 7 heteroatoms. The molecule has 0 aromatic carbocycles. The monoisotopic (exact) mass is 311 g/mol. The van der Waals surface area contributed by atoms with Gasteiger partial charge in [0.2, 0.25) is 0 Å². The van der Waals surface area contributed by atoms with Gasteiger partial charge in [0.25, 0.3) is 0 Å². The zero-order chi connectivity index (χ0) is 15.6. The number of anilines is 1. The fourth-order valence-electron chi connectivity index (χ4n) is 3.03. The molecule has 1 aromatic heterocycles. The number of carbonyl (C=O) groups excluding carboxylic acids is 1. The molecule has 21 heavy (non-hydrogen) atoms. The highest BCUT2D eigenvalue weighted by molar-refractivity contribution is 7.13. The molecule has 1 aliphatic rings. The molecule has 1 aromatic rings. The van der Waals surface area contributed by atoms with Gasteiger partial charge in [0.05, 0.1) is 5.92 Å². The minimum Gasteiger partial charge on any atom is -0.481 e. The normalized spacial score (nSPS) is 27.9. The summed E-state index contributed by atoms with van der Waals surface area (Å²) in [7, 11) is 0. The van der Waals surface area contributed by atoms with Crippen LogP contribution in [0, 0.1) is 17.3 Å². The number of urea groups is 1. The third kappa shape index (κ3) is 3.34. The van der Waals surface area contributed by atoms with E-state index in [1.165, 1.54) is 11.3 Å². The van der Waals surface area contributed by atoms with Crippen LogP contribution >= 0.6 is 11.3 Å². The van der Waals surface area contributed by atoms with Crippen LogP contribution in [0.15, 0.2) is 11.6 Å².